The summed E-state index contributed by atoms with van der Waals surface area (Å²) < 4.78 is 11.0. The molecule has 1 heterocycles. The Labute approximate surface area is 135 Å². The summed E-state index contributed by atoms with van der Waals surface area (Å²) in [6.45, 7) is 2.99. The van der Waals surface area contributed by atoms with E-state index in [-0.39, 0.29) is 18.4 Å². The molecule has 6 heteroatoms. The van der Waals surface area contributed by atoms with Gasteiger partial charge in [-0.2, -0.15) is 0 Å². The molecule has 1 unspecified atom stereocenters. The molecular weight excluding hydrogens is 298 g/mol. The van der Waals surface area contributed by atoms with Crippen LogP contribution in [0.4, 0.5) is 5.69 Å². The fourth-order valence-corrected chi connectivity index (χ4v) is 2.54. The number of carbonyl (C=O) groups is 2. The molecule has 0 bridgehead atoms. The van der Waals surface area contributed by atoms with Gasteiger partial charge in [0.25, 0.3) is 5.91 Å². The average molecular weight is 321 g/mol. The predicted octanol–water partition coefficient (Wildman–Crippen LogP) is 2.61. The standard InChI is InChI=1S/C17H23NO5/c1-2-22-15-11-12(5-3-7-16(19)20)8-9-13(15)18-17(21)14-6-4-10-23-14/h8-9,11,14H,2-7,10H2,1H3,(H,18,21)(H,19,20). The number of aliphatic carboxylic acids is 1. The number of carbonyl (C=O) groups excluding carboxylic acids is 1. The SMILES string of the molecule is CCOc1cc(CCCC(=O)O)ccc1NC(=O)C1CCCO1. The van der Waals surface area contributed by atoms with Gasteiger partial charge in [0.1, 0.15) is 11.9 Å². The Hall–Kier alpha value is -2.08. The maximum absolute atomic E-state index is 12.1. The second kappa shape index (κ2) is 8.53. The average Bonchev–Trinajstić information content (AvgIpc) is 3.04. The van der Waals surface area contributed by atoms with Gasteiger partial charge in [0.15, 0.2) is 0 Å². The molecule has 2 rings (SSSR count). The van der Waals surface area contributed by atoms with E-state index in [2.05, 4.69) is 5.32 Å². The van der Waals surface area contributed by atoms with Gasteiger partial charge in [-0.15, -0.1) is 0 Å². The van der Waals surface area contributed by atoms with Gasteiger partial charge < -0.3 is 19.9 Å². The monoisotopic (exact) mass is 321 g/mol. The van der Waals surface area contributed by atoms with Gasteiger partial charge >= 0.3 is 5.97 Å². The molecule has 23 heavy (non-hydrogen) atoms. The van der Waals surface area contributed by atoms with Crippen LogP contribution in [0.3, 0.4) is 0 Å². The highest BCUT2D eigenvalue weighted by Crippen LogP contribution is 2.27. The molecule has 1 aromatic carbocycles. The molecule has 1 aromatic rings. The number of hydrogen-bond donors (Lipinski definition) is 2. The minimum atomic E-state index is -0.796. The smallest absolute Gasteiger partial charge is 0.303 e. The van der Waals surface area contributed by atoms with Crippen molar-refractivity contribution in [2.24, 2.45) is 0 Å². The van der Waals surface area contributed by atoms with E-state index in [0.29, 0.717) is 37.5 Å². The molecule has 1 aliphatic rings. The zero-order chi connectivity index (χ0) is 16.7. The van der Waals surface area contributed by atoms with Crippen LogP contribution >= 0.6 is 0 Å². The summed E-state index contributed by atoms with van der Waals surface area (Å²) in [6.07, 6.45) is 2.62. The van der Waals surface area contributed by atoms with E-state index in [1.54, 1.807) is 6.07 Å². The van der Waals surface area contributed by atoms with Crippen LogP contribution < -0.4 is 10.1 Å². The van der Waals surface area contributed by atoms with Crippen molar-refractivity contribution in [1.29, 1.82) is 0 Å². The maximum Gasteiger partial charge on any atom is 0.303 e. The number of benzene rings is 1. The zero-order valence-electron chi connectivity index (χ0n) is 13.3. The van der Waals surface area contributed by atoms with E-state index >= 15 is 0 Å². The predicted molar refractivity (Wildman–Crippen MR) is 85.8 cm³/mol. The number of carboxylic acid groups (broad SMARTS) is 1. The van der Waals surface area contributed by atoms with Crippen LogP contribution in [0.5, 0.6) is 5.75 Å². The summed E-state index contributed by atoms with van der Waals surface area (Å²) >= 11 is 0. The second-order valence-corrected chi connectivity index (χ2v) is 5.50. The van der Waals surface area contributed by atoms with Crippen molar-refractivity contribution >= 4 is 17.6 Å². The van der Waals surface area contributed by atoms with Gasteiger partial charge in [0.05, 0.1) is 12.3 Å². The molecule has 0 aromatic heterocycles. The lowest BCUT2D eigenvalue weighted by atomic mass is 10.1. The first kappa shape index (κ1) is 17.3. The van der Waals surface area contributed by atoms with Crippen molar-refractivity contribution < 1.29 is 24.2 Å². The molecule has 2 N–H and O–H groups in total. The largest absolute Gasteiger partial charge is 0.492 e. The van der Waals surface area contributed by atoms with Crippen molar-refractivity contribution in [2.75, 3.05) is 18.5 Å². The highest BCUT2D eigenvalue weighted by molar-refractivity contribution is 5.95. The summed E-state index contributed by atoms with van der Waals surface area (Å²) in [7, 11) is 0. The van der Waals surface area contributed by atoms with Gasteiger partial charge in [0.2, 0.25) is 0 Å². The first-order valence-electron chi connectivity index (χ1n) is 8.00. The van der Waals surface area contributed by atoms with Crippen molar-refractivity contribution in [1.82, 2.24) is 0 Å². The minimum Gasteiger partial charge on any atom is -0.492 e. The van der Waals surface area contributed by atoms with E-state index in [9.17, 15) is 9.59 Å². The maximum atomic E-state index is 12.1. The molecule has 0 radical (unpaired) electrons. The van der Waals surface area contributed by atoms with Crippen LogP contribution in [0.2, 0.25) is 0 Å². The van der Waals surface area contributed by atoms with E-state index < -0.39 is 5.97 Å². The number of amides is 1. The number of ether oxygens (including phenoxy) is 2. The summed E-state index contributed by atoms with van der Waals surface area (Å²) in [5.41, 5.74) is 1.61. The number of aryl methyl sites for hydroxylation is 1. The van der Waals surface area contributed by atoms with Crippen molar-refractivity contribution in [3.63, 3.8) is 0 Å². The van der Waals surface area contributed by atoms with Crippen molar-refractivity contribution in [3.05, 3.63) is 23.8 Å². The Balaban J connectivity index is 2.02. The molecule has 0 aliphatic carbocycles. The third-order valence-corrected chi connectivity index (χ3v) is 3.68. The number of anilines is 1. The Kier molecular flexibility index (Phi) is 6.40. The third-order valence-electron chi connectivity index (χ3n) is 3.68. The lowest BCUT2D eigenvalue weighted by Gasteiger charge is -2.15. The molecule has 1 fully saturated rings. The lowest BCUT2D eigenvalue weighted by molar-refractivity contribution is -0.137. The Morgan fingerprint density at radius 2 is 2.26 bits per heavy atom. The lowest BCUT2D eigenvalue weighted by Crippen LogP contribution is -2.27. The number of carboxylic acids is 1. The van der Waals surface area contributed by atoms with Crippen LogP contribution in [-0.4, -0.2) is 36.3 Å². The van der Waals surface area contributed by atoms with Gasteiger partial charge in [-0.25, -0.2) is 0 Å². The summed E-state index contributed by atoms with van der Waals surface area (Å²) in [6, 6.07) is 5.54. The Morgan fingerprint density at radius 1 is 1.43 bits per heavy atom. The van der Waals surface area contributed by atoms with Gasteiger partial charge in [-0.1, -0.05) is 6.07 Å². The first-order valence-corrected chi connectivity index (χ1v) is 8.00. The van der Waals surface area contributed by atoms with Gasteiger partial charge in [-0.3, -0.25) is 9.59 Å². The van der Waals surface area contributed by atoms with Crippen LogP contribution in [0.25, 0.3) is 0 Å². The number of rotatable bonds is 8. The van der Waals surface area contributed by atoms with E-state index in [1.165, 1.54) is 0 Å². The molecule has 1 atom stereocenters. The molecular formula is C17H23NO5. The molecule has 1 amide bonds. The Bertz CT molecular complexity index is 552. The highest BCUT2D eigenvalue weighted by atomic mass is 16.5. The van der Waals surface area contributed by atoms with Crippen LogP contribution in [-0.2, 0) is 20.7 Å². The van der Waals surface area contributed by atoms with Crippen molar-refractivity contribution in [3.8, 4) is 5.75 Å². The first-order chi connectivity index (χ1) is 11.1. The highest BCUT2D eigenvalue weighted by Gasteiger charge is 2.24. The molecule has 1 aliphatic heterocycles. The summed E-state index contributed by atoms with van der Waals surface area (Å²) in [5, 5.41) is 11.5. The number of nitrogens with one attached hydrogen (secondary N) is 1. The Morgan fingerprint density at radius 3 is 2.91 bits per heavy atom. The van der Waals surface area contributed by atoms with E-state index in [1.807, 2.05) is 19.1 Å². The van der Waals surface area contributed by atoms with Crippen LogP contribution in [0.15, 0.2) is 18.2 Å². The van der Waals surface area contributed by atoms with Crippen LogP contribution in [0.1, 0.15) is 38.2 Å². The molecule has 0 saturated carbocycles. The molecule has 0 spiro atoms. The summed E-state index contributed by atoms with van der Waals surface area (Å²) in [4.78, 5) is 22.7. The van der Waals surface area contributed by atoms with Crippen LogP contribution in [0, 0.1) is 0 Å². The zero-order valence-corrected chi connectivity index (χ0v) is 13.3. The van der Waals surface area contributed by atoms with E-state index in [0.717, 1.165) is 18.4 Å². The fourth-order valence-electron chi connectivity index (χ4n) is 2.54. The summed E-state index contributed by atoms with van der Waals surface area (Å²) in [5.74, 6) is -0.343. The van der Waals surface area contributed by atoms with Gasteiger partial charge in [0, 0.05) is 13.0 Å². The van der Waals surface area contributed by atoms with Gasteiger partial charge in [-0.05, 0) is 50.3 Å². The number of hydrogen-bond acceptors (Lipinski definition) is 4. The third kappa shape index (κ3) is 5.25. The van der Waals surface area contributed by atoms with E-state index in [4.69, 9.17) is 14.6 Å². The molecule has 1 saturated heterocycles. The quantitative estimate of drug-likeness (QED) is 0.769. The van der Waals surface area contributed by atoms with Crippen molar-refractivity contribution in [2.45, 2.75) is 45.1 Å². The minimum absolute atomic E-state index is 0.140. The molecule has 6 nitrogen and oxygen atoms in total. The molecule has 126 valence electrons. The topological polar surface area (TPSA) is 84.9 Å². The second-order valence-electron chi connectivity index (χ2n) is 5.50. The normalized spacial score (nSPS) is 17.0. The fraction of sp³-hybridized carbons (Fsp3) is 0.529.